The number of hydrogen-bond acceptors (Lipinski definition) is 2. The summed E-state index contributed by atoms with van der Waals surface area (Å²) >= 11 is 0. The topological polar surface area (TPSA) is 34.1 Å². The maximum absolute atomic E-state index is 12.7. The van der Waals surface area contributed by atoms with Gasteiger partial charge in [-0.3, -0.25) is 9.59 Å². The first-order chi connectivity index (χ1) is 10.8. The lowest BCUT2D eigenvalue weighted by Crippen LogP contribution is -2.14. The van der Waals surface area contributed by atoms with Gasteiger partial charge in [0.25, 0.3) is 0 Å². The molecule has 0 N–H and O–H groups in total. The van der Waals surface area contributed by atoms with E-state index < -0.39 is 0 Å². The molecule has 2 aromatic carbocycles. The van der Waals surface area contributed by atoms with Crippen LogP contribution in [0.3, 0.4) is 0 Å². The van der Waals surface area contributed by atoms with Gasteiger partial charge in [-0.1, -0.05) is 72.8 Å². The fraction of sp³-hybridized carbons (Fsp3) is 0.100. The van der Waals surface area contributed by atoms with Crippen molar-refractivity contribution in [2.45, 2.75) is 12.8 Å². The monoisotopic (exact) mass is 288 g/mol. The summed E-state index contributed by atoms with van der Waals surface area (Å²) in [5.41, 5.74) is 2.49. The Labute approximate surface area is 129 Å². The number of rotatable bonds is 4. The van der Waals surface area contributed by atoms with Crippen molar-refractivity contribution in [3.05, 3.63) is 95.1 Å². The third-order valence-electron chi connectivity index (χ3n) is 3.80. The number of ketones is 2. The molecular weight excluding hydrogens is 272 g/mol. The minimum Gasteiger partial charge on any atom is -0.289 e. The van der Waals surface area contributed by atoms with Crippen LogP contribution in [0.15, 0.2) is 84.0 Å². The third kappa shape index (κ3) is 2.82. The number of allylic oxidation sites excluding steroid dienone is 4. The van der Waals surface area contributed by atoms with Crippen molar-refractivity contribution in [1.29, 1.82) is 0 Å². The number of carbonyl (C=O) groups is 2. The summed E-state index contributed by atoms with van der Waals surface area (Å²) in [6.45, 7) is 0. The van der Waals surface area contributed by atoms with Crippen LogP contribution in [0.1, 0.15) is 33.6 Å². The third-order valence-corrected chi connectivity index (χ3v) is 3.80. The Morgan fingerprint density at radius 2 is 0.955 bits per heavy atom. The second kappa shape index (κ2) is 6.35. The summed E-state index contributed by atoms with van der Waals surface area (Å²) in [4.78, 5) is 25.4. The zero-order chi connectivity index (χ0) is 15.4. The Kier molecular flexibility index (Phi) is 4.10. The molecule has 0 saturated heterocycles. The Morgan fingerprint density at radius 3 is 1.32 bits per heavy atom. The van der Waals surface area contributed by atoms with E-state index in [4.69, 9.17) is 0 Å². The number of benzene rings is 2. The van der Waals surface area contributed by atoms with Gasteiger partial charge in [0.15, 0.2) is 11.6 Å². The Hall–Kier alpha value is -2.74. The van der Waals surface area contributed by atoms with E-state index in [1.165, 1.54) is 0 Å². The van der Waals surface area contributed by atoms with Gasteiger partial charge in [0.2, 0.25) is 0 Å². The van der Waals surface area contributed by atoms with Gasteiger partial charge in [-0.15, -0.1) is 0 Å². The summed E-state index contributed by atoms with van der Waals surface area (Å²) in [5.74, 6) is -0.103. The molecule has 2 aromatic rings. The molecule has 0 amide bonds. The van der Waals surface area contributed by atoms with Gasteiger partial charge in [-0.2, -0.15) is 0 Å². The smallest absolute Gasteiger partial charge is 0.189 e. The molecule has 0 fully saturated rings. The number of hydrogen-bond donors (Lipinski definition) is 0. The molecule has 0 radical (unpaired) electrons. The molecule has 0 aliphatic heterocycles. The van der Waals surface area contributed by atoms with Crippen LogP contribution in [0.2, 0.25) is 0 Å². The standard InChI is InChI=1S/C20H16O2/c21-19(15-9-3-1-4-10-15)17-13-7-8-14-18(17)20(22)16-11-5-2-6-12-16/h1-12H,13-14H2. The predicted octanol–water partition coefficient (Wildman–Crippen LogP) is 4.40. The van der Waals surface area contributed by atoms with Crippen LogP contribution in [0.5, 0.6) is 0 Å². The molecule has 2 heteroatoms. The molecule has 3 rings (SSSR count). The first-order valence-corrected chi connectivity index (χ1v) is 7.34. The van der Waals surface area contributed by atoms with E-state index in [0.29, 0.717) is 35.1 Å². The van der Waals surface area contributed by atoms with Gasteiger partial charge in [0.1, 0.15) is 0 Å². The van der Waals surface area contributed by atoms with Crippen molar-refractivity contribution in [3.8, 4) is 0 Å². The Balaban J connectivity index is 2.00. The zero-order valence-corrected chi connectivity index (χ0v) is 12.2. The molecule has 0 atom stereocenters. The highest BCUT2D eigenvalue weighted by atomic mass is 16.1. The molecule has 1 aliphatic carbocycles. The first kappa shape index (κ1) is 14.2. The van der Waals surface area contributed by atoms with Crippen molar-refractivity contribution >= 4 is 11.6 Å². The van der Waals surface area contributed by atoms with E-state index in [-0.39, 0.29) is 11.6 Å². The van der Waals surface area contributed by atoms with Crippen molar-refractivity contribution in [3.63, 3.8) is 0 Å². The average Bonchev–Trinajstić information content (AvgIpc) is 2.62. The molecule has 0 spiro atoms. The highest BCUT2D eigenvalue weighted by molar-refractivity contribution is 6.18. The average molecular weight is 288 g/mol. The molecule has 108 valence electrons. The van der Waals surface area contributed by atoms with Gasteiger partial charge in [0, 0.05) is 22.3 Å². The molecule has 1 aliphatic rings. The summed E-state index contributed by atoms with van der Waals surface area (Å²) < 4.78 is 0. The first-order valence-electron chi connectivity index (χ1n) is 7.34. The Bertz CT molecular complexity index is 687. The lowest BCUT2D eigenvalue weighted by atomic mass is 9.87. The maximum atomic E-state index is 12.7. The molecule has 0 heterocycles. The fourth-order valence-electron chi connectivity index (χ4n) is 2.64. The van der Waals surface area contributed by atoms with Crippen molar-refractivity contribution in [1.82, 2.24) is 0 Å². The lowest BCUT2D eigenvalue weighted by molar-refractivity contribution is 0.0995. The van der Waals surface area contributed by atoms with Gasteiger partial charge >= 0.3 is 0 Å². The minimum absolute atomic E-state index is 0.0516. The van der Waals surface area contributed by atoms with E-state index in [1.54, 1.807) is 24.3 Å². The molecule has 0 unspecified atom stereocenters. The van der Waals surface area contributed by atoms with Crippen molar-refractivity contribution in [2.75, 3.05) is 0 Å². The van der Waals surface area contributed by atoms with Crippen LogP contribution in [0.4, 0.5) is 0 Å². The maximum Gasteiger partial charge on any atom is 0.189 e. The van der Waals surface area contributed by atoms with E-state index >= 15 is 0 Å². The van der Waals surface area contributed by atoms with Crippen LogP contribution in [-0.2, 0) is 0 Å². The minimum atomic E-state index is -0.0516. The van der Waals surface area contributed by atoms with E-state index in [2.05, 4.69) is 0 Å². The molecule has 2 nitrogen and oxygen atoms in total. The normalized spacial score (nSPS) is 14.0. The van der Waals surface area contributed by atoms with Crippen molar-refractivity contribution < 1.29 is 9.59 Å². The second-order valence-electron chi connectivity index (χ2n) is 5.23. The van der Waals surface area contributed by atoms with Crippen LogP contribution in [0, 0.1) is 0 Å². The predicted molar refractivity (Wildman–Crippen MR) is 86.9 cm³/mol. The largest absolute Gasteiger partial charge is 0.289 e. The van der Waals surface area contributed by atoms with E-state index in [9.17, 15) is 9.59 Å². The summed E-state index contributed by atoms with van der Waals surface area (Å²) in [7, 11) is 0. The SMILES string of the molecule is O=C(C1=C(C(=O)c2ccccc2)CC=CC1)c1ccccc1. The molecular formula is C20H16O2. The van der Waals surface area contributed by atoms with Crippen LogP contribution in [-0.4, -0.2) is 11.6 Å². The number of carbonyl (C=O) groups excluding carboxylic acids is 2. The second-order valence-corrected chi connectivity index (χ2v) is 5.23. The fourth-order valence-corrected chi connectivity index (χ4v) is 2.64. The lowest BCUT2D eigenvalue weighted by Gasteiger charge is -2.15. The van der Waals surface area contributed by atoms with E-state index in [1.807, 2.05) is 48.6 Å². The van der Waals surface area contributed by atoms with Crippen molar-refractivity contribution in [2.24, 2.45) is 0 Å². The van der Waals surface area contributed by atoms with Gasteiger partial charge in [-0.25, -0.2) is 0 Å². The quantitative estimate of drug-likeness (QED) is 0.617. The zero-order valence-electron chi connectivity index (χ0n) is 12.2. The highest BCUT2D eigenvalue weighted by Gasteiger charge is 2.23. The van der Waals surface area contributed by atoms with Gasteiger partial charge < -0.3 is 0 Å². The van der Waals surface area contributed by atoms with E-state index in [0.717, 1.165) is 0 Å². The summed E-state index contributed by atoms with van der Waals surface area (Å²) in [6, 6.07) is 18.3. The molecule has 0 aromatic heterocycles. The summed E-state index contributed by atoms with van der Waals surface area (Å²) in [6.07, 6.45) is 4.94. The van der Waals surface area contributed by atoms with Gasteiger partial charge in [0.05, 0.1) is 0 Å². The van der Waals surface area contributed by atoms with Crippen LogP contribution < -0.4 is 0 Å². The Morgan fingerprint density at radius 1 is 0.591 bits per heavy atom. The molecule has 0 saturated carbocycles. The number of Topliss-reactive ketones (excluding diaryl/α,β-unsaturated/α-hetero) is 2. The van der Waals surface area contributed by atoms with Crippen LogP contribution >= 0.6 is 0 Å². The van der Waals surface area contributed by atoms with Crippen LogP contribution in [0.25, 0.3) is 0 Å². The molecule has 0 bridgehead atoms. The highest BCUT2D eigenvalue weighted by Crippen LogP contribution is 2.26. The molecule has 22 heavy (non-hydrogen) atoms. The summed E-state index contributed by atoms with van der Waals surface area (Å²) in [5, 5.41) is 0. The van der Waals surface area contributed by atoms with Gasteiger partial charge in [-0.05, 0) is 12.8 Å².